The number of rotatable bonds is 5. The molecule has 80 valence electrons. The summed E-state index contributed by atoms with van der Waals surface area (Å²) in [5, 5.41) is 3.24. The molecule has 0 saturated heterocycles. The summed E-state index contributed by atoms with van der Waals surface area (Å²) in [5.74, 6) is 0. The van der Waals surface area contributed by atoms with Crippen molar-refractivity contribution in [3.8, 4) is 0 Å². The molecule has 0 amide bonds. The fraction of sp³-hybridized carbons (Fsp3) is 0.286. The van der Waals surface area contributed by atoms with Crippen LogP contribution in [0.3, 0.4) is 0 Å². The van der Waals surface area contributed by atoms with Gasteiger partial charge in [0.15, 0.2) is 0 Å². The third-order valence-electron chi connectivity index (χ3n) is 2.31. The van der Waals surface area contributed by atoms with Crippen molar-refractivity contribution >= 4 is 5.70 Å². The van der Waals surface area contributed by atoms with Crippen molar-refractivity contribution in [2.45, 2.75) is 20.3 Å². The first-order valence-electron chi connectivity index (χ1n) is 5.30. The number of hydrogen-bond acceptors (Lipinski definition) is 1. The van der Waals surface area contributed by atoms with Crippen molar-refractivity contribution in [1.82, 2.24) is 5.32 Å². The van der Waals surface area contributed by atoms with Crippen LogP contribution in [0.25, 0.3) is 5.70 Å². The summed E-state index contributed by atoms with van der Waals surface area (Å²) in [7, 11) is 0. The van der Waals surface area contributed by atoms with E-state index in [0.29, 0.717) is 0 Å². The zero-order chi connectivity index (χ0) is 11.3. The highest BCUT2D eigenvalue weighted by Crippen LogP contribution is 2.11. The number of nitrogens with one attached hydrogen (secondary N) is 1. The molecule has 0 aromatic heterocycles. The van der Waals surface area contributed by atoms with E-state index in [-0.39, 0.29) is 0 Å². The minimum atomic E-state index is 0.786. The zero-order valence-corrected chi connectivity index (χ0v) is 9.64. The second kappa shape index (κ2) is 5.40. The number of benzene rings is 1. The van der Waals surface area contributed by atoms with Crippen LogP contribution in [0.5, 0.6) is 0 Å². The molecule has 1 rings (SSSR count). The van der Waals surface area contributed by atoms with Gasteiger partial charge < -0.3 is 5.32 Å². The predicted octanol–water partition coefficient (Wildman–Crippen LogP) is 3.39. The zero-order valence-electron chi connectivity index (χ0n) is 9.64. The molecule has 15 heavy (non-hydrogen) atoms. The van der Waals surface area contributed by atoms with Crippen molar-refractivity contribution in [1.29, 1.82) is 0 Å². The minimum absolute atomic E-state index is 0.786. The molecule has 0 heterocycles. The van der Waals surface area contributed by atoms with Crippen molar-refractivity contribution in [3.05, 3.63) is 54.1 Å². The van der Waals surface area contributed by atoms with Gasteiger partial charge in [-0.3, -0.25) is 0 Å². The Morgan fingerprint density at radius 3 is 2.27 bits per heavy atom. The molecule has 1 heteroatoms. The third kappa shape index (κ3) is 3.62. The highest BCUT2D eigenvalue weighted by atomic mass is 14.9. The molecular weight excluding hydrogens is 182 g/mol. The highest BCUT2D eigenvalue weighted by Gasteiger charge is 1.97. The maximum atomic E-state index is 4.00. The molecule has 0 aliphatic heterocycles. The lowest BCUT2D eigenvalue weighted by molar-refractivity contribution is 0.962. The van der Waals surface area contributed by atoms with E-state index in [1.54, 1.807) is 0 Å². The normalized spacial score (nSPS) is 9.73. The van der Waals surface area contributed by atoms with Gasteiger partial charge in [0.05, 0.1) is 0 Å². The topological polar surface area (TPSA) is 12.0 Å². The summed E-state index contributed by atoms with van der Waals surface area (Å²) < 4.78 is 0. The Balaban J connectivity index is 2.62. The lowest BCUT2D eigenvalue weighted by Gasteiger charge is -2.09. The Labute approximate surface area is 92.5 Å². The molecule has 1 nitrogen and oxygen atoms in total. The van der Waals surface area contributed by atoms with Gasteiger partial charge in [0, 0.05) is 12.2 Å². The van der Waals surface area contributed by atoms with Gasteiger partial charge in [-0.05, 0) is 24.5 Å². The van der Waals surface area contributed by atoms with Gasteiger partial charge in [-0.25, -0.2) is 0 Å². The average molecular weight is 201 g/mol. The summed E-state index contributed by atoms with van der Waals surface area (Å²) in [6, 6.07) is 8.49. The van der Waals surface area contributed by atoms with Crippen LogP contribution >= 0.6 is 0 Å². The van der Waals surface area contributed by atoms with Gasteiger partial charge in [-0.2, -0.15) is 0 Å². The Morgan fingerprint density at radius 2 is 1.80 bits per heavy atom. The summed E-state index contributed by atoms with van der Waals surface area (Å²) in [5.41, 5.74) is 4.57. The number of hydrogen-bond donors (Lipinski definition) is 1. The first-order chi connectivity index (χ1) is 7.13. The summed E-state index contributed by atoms with van der Waals surface area (Å²) >= 11 is 0. The predicted molar refractivity (Wildman–Crippen MR) is 67.7 cm³/mol. The standard InChI is InChI=1S/C14H19N/c1-5-13-6-8-14(9-7-13)12(4)15-10-11(2)3/h6-9,15H,2,4-5,10H2,1,3H3. The molecule has 0 fully saturated rings. The van der Waals surface area contributed by atoms with Crippen LogP contribution in [0.4, 0.5) is 0 Å². The summed E-state index contributed by atoms with van der Waals surface area (Å²) in [6.07, 6.45) is 1.08. The van der Waals surface area contributed by atoms with Crippen LogP contribution in [0, 0.1) is 0 Å². The Bertz CT molecular complexity index is 346. The van der Waals surface area contributed by atoms with E-state index >= 15 is 0 Å². The molecule has 0 saturated carbocycles. The second-order valence-electron chi connectivity index (χ2n) is 3.84. The van der Waals surface area contributed by atoms with Gasteiger partial charge in [-0.1, -0.05) is 49.9 Å². The molecular formula is C14H19N. The smallest absolute Gasteiger partial charge is 0.0354 e. The second-order valence-corrected chi connectivity index (χ2v) is 3.84. The molecule has 0 atom stereocenters. The van der Waals surface area contributed by atoms with Crippen molar-refractivity contribution in [2.75, 3.05) is 6.54 Å². The third-order valence-corrected chi connectivity index (χ3v) is 2.31. The van der Waals surface area contributed by atoms with Gasteiger partial charge in [0.1, 0.15) is 0 Å². The highest BCUT2D eigenvalue weighted by molar-refractivity contribution is 5.61. The van der Waals surface area contributed by atoms with E-state index in [1.807, 2.05) is 6.92 Å². The Hall–Kier alpha value is -1.50. The van der Waals surface area contributed by atoms with Crippen molar-refractivity contribution < 1.29 is 0 Å². The monoisotopic (exact) mass is 201 g/mol. The Morgan fingerprint density at radius 1 is 1.20 bits per heavy atom. The van der Waals surface area contributed by atoms with Gasteiger partial charge in [0.25, 0.3) is 0 Å². The molecule has 1 N–H and O–H groups in total. The lowest BCUT2D eigenvalue weighted by Crippen LogP contribution is -2.13. The number of aryl methyl sites for hydroxylation is 1. The summed E-state index contributed by atoms with van der Waals surface area (Å²) in [4.78, 5) is 0. The van der Waals surface area contributed by atoms with E-state index in [2.05, 4.69) is 49.7 Å². The first kappa shape index (κ1) is 11.6. The van der Waals surface area contributed by atoms with Crippen LogP contribution in [-0.4, -0.2) is 6.54 Å². The fourth-order valence-electron chi connectivity index (χ4n) is 1.30. The maximum absolute atomic E-state index is 4.00. The van der Waals surface area contributed by atoms with Gasteiger partial charge in [0.2, 0.25) is 0 Å². The minimum Gasteiger partial charge on any atom is -0.381 e. The van der Waals surface area contributed by atoms with Crippen molar-refractivity contribution in [2.24, 2.45) is 0 Å². The average Bonchev–Trinajstić information content (AvgIpc) is 2.26. The van der Waals surface area contributed by atoms with Crippen LogP contribution in [0.1, 0.15) is 25.0 Å². The summed E-state index contributed by atoms with van der Waals surface area (Å²) in [6.45, 7) is 12.8. The van der Waals surface area contributed by atoms with E-state index in [0.717, 1.165) is 29.8 Å². The van der Waals surface area contributed by atoms with Crippen LogP contribution in [-0.2, 0) is 6.42 Å². The molecule has 0 radical (unpaired) electrons. The molecule has 0 aliphatic rings. The van der Waals surface area contributed by atoms with Gasteiger partial charge in [-0.15, -0.1) is 0 Å². The SMILES string of the molecule is C=C(C)CNC(=C)c1ccc(CC)cc1. The van der Waals surface area contributed by atoms with Gasteiger partial charge >= 0.3 is 0 Å². The largest absolute Gasteiger partial charge is 0.381 e. The van der Waals surface area contributed by atoms with E-state index in [1.165, 1.54) is 5.56 Å². The van der Waals surface area contributed by atoms with Crippen molar-refractivity contribution in [3.63, 3.8) is 0 Å². The molecule has 0 unspecified atom stereocenters. The molecule has 0 spiro atoms. The lowest BCUT2D eigenvalue weighted by atomic mass is 10.1. The first-order valence-corrected chi connectivity index (χ1v) is 5.30. The van der Waals surface area contributed by atoms with E-state index in [9.17, 15) is 0 Å². The molecule has 1 aromatic rings. The van der Waals surface area contributed by atoms with E-state index in [4.69, 9.17) is 0 Å². The maximum Gasteiger partial charge on any atom is 0.0354 e. The fourth-order valence-corrected chi connectivity index (χ4v) is 1.30. The quantitative estimate of drug-likeness (QED) is 0.720. The molecule has 0 aliphatic carbocycles. The van der Waals surface area contributed by atoms with E-state index < -0.39 is 0 Å². The Kier molecular flexibility index (Phi) is 4.17. The molecule has 1 aromatic carbocycles. The molecule has 0 bridgehead atoms. The van der Waals surface area contributed by atoms with Crippen LogP contribution in [0.2, 0.25) is 0 Å². The van der Waals surface area contributed by atoms with Crippen LogP contribution < -0.4 is 5.32 Å². The van der Waals surface area contributed by atoms with Crippen LogP contribution in [0.15, 0.2) is 43.0 Å².